The lowest BCUT2D eigenvalue weighted by molar-refractivity contribution is -0.121. The Morgan fingerprint density at radius 1 is 1.00 bits per heavy atom. The predicted molar refractivity (Wildman–Crippen MR) is 112 cm³/mol. The molecule has 1 aliphatic carbocycles. The summed E-state index contributed by atoms with van der Waals surface area (Å²) in [5.41, 5.74) is 4.10. The number of hydrogen-bond acceptors (Lipinski definition) is 5. The van der Waals surface area contributed by atoms with Crippen molar-refractivity contribution >= 4 is 5.91 Å². The molecule has 0 spiro atoms. The molecule has 4 rings (SSSR count). The van der Waals surface area contributed by atoms with Crippen LogP contribution in [0.2, 0.25) is 0 Å². The number of carbonyl (C=O) groups excluding carboxylic acids is 1. The first-order chi connectivity index (χ1) is 14.5. The Morgan fingerprint density at radius 2 is 1.80 bits per heavy atom. The molecule has 3 aromatic rings. The van der Waals surface area contributed by atoms with Crippen LogP contribution < -0.4 is 16.4 Å². The van der Waals surface area contributed by atoms with Gasteiger partial charge < -0.3 is 5.32 Å². The van der Waals surface area contributed by atoms with E-state index in [-0.39, 0.29) is 36.7 Å². The Balaban J connectivity index is 1.38. The van der Waals surface area contributed by atoms with Gasteiger partial charge in [-0.05, 0) is 37.8 Å². The van der Waals surface area contributed by atoms with Gasteiger partial charge >= 0.3 is 0 Å². The van der Waals surface area contributed by atoms with Crippen molar-refractivity contribution in [2.75, 3.05) is 6.54 Å². The van der Waals surface area contributed by atoms with Crippen molar-refractivity contribution in [1.82, 2.24) is 24.9 Å². The lowest BCUT2D eigenvalue weighted by Gasteiger charge is -2.10. The van der Waals surface area contributed by atoms with Crippen LogP contribution in [-0.2, 0) is 30.7 Å². The van der Waals surface area contributed by atoms with Crippen LogP contribution in [-0.4, -0.2) is 32.0 Å². The summed E-state index contributed by atoms with van der Waals surface area (Å²) in [7, 11) is 0. The first-order valence-corrected chi connectivity index (χ1v) is 10.0. The minimum atomic E-state index is -0.350. The van der Waals surface area contributed by atoms with Crippen LogP contribution in [0.4, 0.5) is 0 Å². The van der Waals surface area contributed by atoms with Gasteiger partial charge in [0.1, 0.15) is 6.54 Å². The van der Waals surface area contributed by atoms with Gasteiger partial charge in [-0.1, -0.05) is 29.8 Å². The van der Waals surface area contributed by atoms with Crippen LogP contribution in [0.1, 0.15) is 23.2 Å². The molecule has 0 atom stereocenters. The molecule has 1 aromatic carbocycles. The summed E-state index contributed by atoms with van der Waals surface area (Å²) in [6, 6.07) is 12.5. The van der Waals surface area contributed by atoms with E-state index in [2.05, 4.69) is 15.5 Å². The number of carbonyl (C=O) groups is 1. The van der Waals surface area contributed by atoms with Crippen molar-refractivity contribution in [3.05, 3.63) is 80.0 Å². The fraction of sp³-hybridized carbons (Fsp3) is 0.318. The molecule has 8 heteroatoms. The fourth-order valence-corrected chi connectivity index (χ4v) is 3.53. The number of aryl methyl sites for hydroxylation is 3. The maximum absolute atomic E-state index is 12.3. The third kappa shape index (κ3) is 4.37. The van der Waals surface area contributed by atoms with Gasteiger partial charge in [0.15, 0.2) is 0 Å². The zero-order valence-corrected chi connectivity index (χ0v) is 16.8. The number of nitrogens with zero attached hydrogens (tertiary/aromatic N) is 4. The largest absolute Gasteiger partial charge is 0.353 e. The molecule has 1 N–H and O–H groups in total. The van der Waals surface area contributed by atoms with Gasteiger partial charge in [-0.3, -0.25) is 14.4 Å². The van der Waals surface area contributed by atoms with E-state index < -0.39 is 0 Å². The molecule has 0 aliphatic heterocycles. The summed E-state index contributed by atoms with van der Waals surface area (Å²) in [6.07, 6.45) is 2.80. The molecule has 0 saturated carbocycles. The molecule has 1 amide bonds. The summed E-state index contributed by atoms with van der Waals surface area (Å²) in [4.78, 5) is 36.5. The topological polar surface area (TPSA) is 98.9 Å². The molecule has 0 unspecified atom stereocenters. The normalized spacial score (nSPS) is 12.6. The van der Waals surface area contributed by atoms with Gasteiger partial charge in [0.2, 0.25) is 5.91 Å². The Kier molecular flexibility index (Phi) is 5.56. The van der Waals surface area contributed by atoms with Gasteiger partial charge in [-0.25, -0.2) is 9.36 Å². The number of hydrogen-bond donors (Lipinski definition) is 1. The summed E-state index contributed by atoms with van der Waals surface area (Å²) in [5, 5.41) is 11.4. The quantitative estimate of drug-likeness (QED) is 0.662. The molecular formula is C22H23N5O3. The van der Waals surface area contributed by atoms with Crippen LogP contribution in [0.15, 0.2) is 52.1 Å². The number of nitrogens with one attached hydrogen (secondary N) is 1. The highest BCUT2D eigenvalue weighted by Crippen LogP contribution is 2.17. The molecule has 2 heterocycles. The van der Waals surface area contributed by atoms with Crippen LogP contribution >= 0.6 is 0 Å². The van der Waals surface area contributed by atoms with Crippen LogP contribution in [0.3, 0.4) is 0 Å². The fourth-order valence-electron chi connectivity index (χ4n) is 3.53. The molecular weight excluding hydrogens is 382 g/mol. The van der Waals surface area contributed by atoms with E-state index in [0.717, 1.165) is 46.3 Å². The minimum Gasteiger partial charge on any atom is -0.353 e. The molecule has 8 nitrogen and oxygen atoms in total. The summed E-state index contributed by atoms with van der Waals surface area (Å²) < 4.78 is 2.53. The number of benzene rings is 1. The zero-order chi connectivity index (χ0) is 21.1. The van der Waals surface area contributed by atoms with Gasteiger partial charge in [0.25, 0.3) is 11.1 Å². The summed E-state index contributed by atoms with van der Waals surface area (Å²) in [5.74, 6) is -0.347. The van der Waals surface area contributed by atoms with Crippen LogP contribution in [0.25, 0.3) is 11.3 Å². The molecule has 0 fully saturated rings. The van der Waals surface area contributed by atoms with E-state index in [9.17, 15) is 14.4 Å². The lowest BCUT2D eigenvalue weighted by Crippen LogP contribution is -2.36. The molecule has 30 heavy (non-hydrogen) atoms. The highest BCUT2D eigenvalue weighted by Gasteiger charge is 2.15. The number of amides is 1. The van der Waals surface area contributed by atoms with Crippen molar-refractivity contribution in [3.63, 3.8) is 0 Å². The van der Waals surface area contributed by atoms with E-state index in [1.807, 2.05) is 31.2 Å². The maximum atomic E-state index is 12.3. The highest BCUT2D eigenvalue weighted by molar-refractivity contribution is 5.75. The first-order valence-electron chi connectivity index (χ1n) is 10.0. The monoisotopic (exact) mass is 405 g/mol. The van der Waals surface area contributed by atoms with E-state index in [1.165, 1.54) is 10.7 Å². The van der Waals surface area contributed by atoms with E-state index in [4.69, 9.17) is 0 Å². The van der Waals surface area contributed by atoms with Crippen molar-refractivity contribution in [1.29, 1.82) is 0 Å². The van der Waals surface area contributed by atoms with E-state index in [0.29, 0.717) is 5.69 Å². The molecule has 154 valence electrons. The second-order valence-corrected chi connectivity index (χ2v) is 7.46. The summed E-state index contributed by atoms with van der Waals surface area (Å²) >= 11 is 0. The van der Waals surface area contributed by atoms with Gasteiger partial charge in [0, 0.05) is 24.2 Å². The van der Waals surface area contributed by atoms with Gasteiger partial charge in [-0.2, -0.15) is 10.2 Å². The Hall–Kier alpha value is -3.55. The molecule has 0 saturated heterocycles. The number of rotatable bonds is 6. The van der Waals surface area contributed by atoms with Crippen molar-refractivity contribution in [2.45, 2.75) is 39.3 Å². The van der Waals surface area contributed by atoms with Gasteiger partial charge in [-0.15, -0.1) is 0 Å². The first kappa shape index (κ1) is 19.8. The second-order valence-electron chi connectivity index (χ2n) is 7.46. The molecule has 1 aliphatic rings. The smallest absolute Gasteiger partial charge is 0.267 e. The van der Waals surface area contributed by atoms with E-state index in [1.54, 1.807) is 12.1 Å². The molecule has 2 aromatic heterocycles. The van der Waals surface area contributed by atoms with Crippen molar-refractivity contribution in [3.8, 4) is 11.3 Å². The minimum absolute atomic E-state index is 0.159. The average molecular weight is 405 g/mol. The van der Waals surface area contributed by atoms with E-state index >= 15 is 0 Å². The second kappa shape index (κ2) is 8.44. The molecule has 0 bridgehead atoms. The Morgan fingerprint density at radius 3 is 2.60 bits per heavy atom. The maximum Gasteiger partial charge on any atom is 0.267 e. The van der Waals surface area contributed by atoms with Crippen LogP contribution in [0.5, 0.6) is 0 Å². The summed E-state index contributed by atoms with van der Waals surface area (Å²) in [6.45, 7) is 2.33. The average Bonchev–Trinajstić information content (AvgIpc) is 3.17. The Labute approximate surface area is 173 Å². The van der Waals surface area contributed by atoms with Crippen molar-refractivity contribution in [2.24, 2.45) is 0 Å². The van der Waals surface area contributed by atoms with Gasteiger partial charge in [0.05, 0.1) is 17.9 Å². The number of aromatic nitrogens is 4. The highest BCUT2D eigenvalue weighted by atomic mass is 16.2. The Bertz CT molecular complexity index is 1190. The standard InChI is InChI=1S/C22H23N5O3/c1-15-5-7-16(8-6-15)19-9-10-21(29)27(25-19)14-20(28)23-11-12-26-22(30)13-17-3-2-4-18(17)24-26/h5-10,13H,2-4,11-12,14H2,1H3,(H,23,28). The van der Waals surface area contributed by atoms with Crippen molar-refractivity contribution < 1.29 is 4.79 Å². The molecule has 0 radical (unpaired) electrons. The predicted octanol–water partition coefficient (Wildman–Crippen LogP) is 1.08. The van der Waals surface area contributed by atoms with Crippen LogP contribution in [0, 0.1) is 6.92 Å². The number of fused-ring (bicyclic) bond motifs is 1. The third-order valence-corrected chi connectivity index (χ3v) is 5.18. The zero-order valence-electron chi connectivity index (χ0n) is 16.8. The lowest BCUT2D eigenvalue weighted by atomic mass is 10.1. The SMILES string of the molecule is Cc1ccc(-c2ccc(=O)n(CC(=O)NCCn3nc4c(cc3=O)CCC4)n2)cc1. The third-order valence-electron chi connectivity index (χ3n) is 5.18.